The van der Waals surface area contributed by atoms with E-state index in [0.29, 0.717) is 40.2 Å². The van der Waals surface area contributed by atoms with Gasteiger partial charge in [-0.25, -0.2) is 18.7 Å². The molecule has 2 aromatic carbocycles. The SMILES string of the molecule is CCOc1c(CC(N)=O)cc([C@@](O)(CNC(=O)c2cc(OC)c3nc(C)c(Cl)cc3c2)C2CC2)nc1-c1c(F)ccc(Cl)c1F. The summed E-state index contributed by atoms with van der Waals surface area (Å²) in [6, 6.07) is 8.26. The number of fused-ring (bicyclic) bond motifs is 1. The van der Waals surface area contributed by atoms with E-state index in [4.69, 9.17) is 38.4 Å². The van der Waals surface area contributed by atoms with Crippen LogP contribution in [0.25, 0.3) is 22.2 Å². The van der Waals surface area contributed by atoms with Crippen molar-refractivity contribution in [3.63, 3.8) is 0 Å². The molecule has 1 aliphatic rings. The Morgan fingerprint density at radius 2 is 1.87 bits per heavy atom. The molecule has 2 amide bonds. The minimum Gasteiger partial charge on any atom is -0.494 e. The zero-order chi connectivity index (χ0) is 32.6. The summed E-state index contributed by atoms with van der Waals surface area (Å²) < 4.78 is 41.7. The first-order valence-corrected chi connectivity index (χ1v) is 14.9. The molecule has 1 aliphatic carbocycles. The Bertz CT molecular complexity index is 1840. The van der Waals surface area contributed by atoms with Crippen molar-refractivity contribution in [3.8, 4) is 22.8 Å². The third kappa shape index (κ3) is 6.38. The number of benzene rings is 2. The minimum absolute atomic E-state index is 0.0265. The molecule has 1 saturated carbocycles. The molecule has 0 saturated heterocycles. The number of aromatic nitrogens is 2. The Morgan fingerprint density at radius 1 is 1.13 bits per heavy atom. The van der Waals surface area contributed by atoms with Crippen LogP contribution in [0.4, 0.5) is 8.78 Å². The van der Waals surface area contributed by atoms with Gasteiger partial charge in [0.1, 0.15) is 34.1 Å². The van der Waals surface area contributed by atoms with Gasteiger partial charge < -0.3 is 25.6 Å². The van der Waals surface area contributed by atoms with Crippen molar-refractivity contribution >= 4 is 45.9 Å². The van der Waals surface area contributed by atoms with Gasteiger partial charge in [-0.2, -0.15) is 0 Å². The van der Waals surface area contributed by atoms with Crippen molar-refractivity contribution in [2.45, 2.75) is 38.7 Å². The molecule has 45 heavy (non-hydrogen) atoms. The highest BCUT2D eigenvalue weighted by molar-refractivity contribution is 6.32. The van der Waals surface area contributed by atoms with Crippen LogP contribution in [0.5, 0.6) is 11.5 Å². The minimum atomic E-state index is -1.80. The number of aryl methyl sites for hydroxylation is 1. The van der Waals surface area contributed by atoms with Gasteiger partial charge in [0, 0.05) is 16.5 Å². The number of hydrogen-bond donors (Lipinski definition) is 3. The van der Waals surface area contributed by atoms with Crippen LogP contribution in [0.1, 0.15) is 47.1 Å². The number of rotatable bonds is 11. The fraction of sp³-hybridized carbons (Fsp3) is 0.312. The zero-order valence-corrected chi connectivity index (χ0v) is 26.2. The van der Waals surface area contributed by atoms with Gasteiger partial charge >= 0.3 is 0 Å². The summed E-state index contributed by atoms with van der Waals surface area (Å²) in [6.45, 7) is 3.16. The molecule has 1 fully saturated rings. The van der Waals surface area contributed by atoms with E-state index in [0.717, 1.165) is 12.1 Å². The molecule has 236 valence electrons. The number of pyridine rings is 2. The van der Waals surface area contributed by atoms with Crippen molar-refractivity contribution in [3.05, 3.63) is 80.6 Å². The number of carbonyl (C=O) groups is 2. The highest BCUT2D eigenvalue weighted by Crippen LogP contribution is 2.47. The van der Waals surface area contributed by atoms with Gasteiger partial charge in [0.15, 0.2) is 5.82 Å². The zero-order valence-electron chi connectivity index (χ0n) is 24.6. The molecule has 4 aromatic rings. The van der Waals surface area contributed by atoms with E-state index in [-0.39, 0.29) is 58.8 Å². The van der Waals surface area contributed by atoms with Crippen LogP contribution >= 0.6 is 23.2 Å². The molecule has 0 spiro atoms. The first kappa shape index (κ1) is 32.3. The molecule has 0 aliphatic heterocycles. The third-order valence-electron chi connectivity index (χ3n) is 7.69. The first-order valence-electron chi connectivity index (χ1n) is 14.1. The number of nitrogens with one attached hydrogen (secondary N) is 1. The number of nitrogens with two attached hydrogens (primary N) is 1. The van der Waals surface area contributed by atoms with E-state index < -0.39 is 34.6 Å². The summed E-state index contributed by atoms with van der Waals surface area (Å²) in [4.78, 5) is 34.5. The number of amides is 2. The Labute approximate surface area is 267 Å². The molecule has 5 rings (SSSR count). The molecule has 0 unspecified atom stereocenters. The van der Waals surface area contributed by atoms with Crippen molar-refractivity contribution in [2.24, 2.45) is 11.7 Å². The average molecular weight is 660 g/mol. The number of hydrogen-bond acceptors (Lipinski definition) is 7. The second-order valence-electron chi connectivity index (χ2n) is 10.8. The predicted octanol–water partition coefficient (Wildman–Crippen LogP) is 5.65. The number of ether oxygens (including phenoxy) is 2. The van der Waals surface area contributed by atoms with Crippen LogP contribution in [0.15, 0.2) is 36.4 Å². The van der Waals surface area contributed by atoms with E-state index in [2.05, 4.69) is 15.3 Å². The molecule has 9 nitrogen and oxygen atoms in total. The second kappa shape index (κ2) is 12.7. The lowest BCUT2D eigenvalue weighted by atomic mass is 9.90. The van der Waals surface area contributed by atoms with Gasteiger partial charge in [-0.3, -0.25) is 9.59 Å². The molecular weight excluding hydrogens is 629 g/mol. The fourth-order valence-corrected chi connectivity index (χ4v) is 5.59. The van der Waals surface area contributed by atoms with E-state index in [1.165, 1.54) is 19.2 Å². The molecule has 0 radical (unpaired) electrons. The van der Waals surface area contributed by atoms with E-state index >= 15 is 8.78 Å². The van der Waals surface area contributed by atoms with Crippen LogP contribution in [0, 0.1) is 24.5 Å². The Balaban J connectivity index is 1.58. The van der Waals surface area contributed by atoms with Crippen molar-refractivity contribution in [1.82, 2.24) is 15.3 Å². The lowest BCUT2D eigenvalue weighted by Crippen LogP contribution is -2.43. The normalized spacial score (nSPS) is 14.2. The van der Waals surface area contributed by atoms with Crippen LogP contribution in [-0.2, 0) is 16.8 Å². The molecule has 2 heterocycles. The summed E-state index contributed by atoms with van der Waals surface area (Å²) in [7, 11) is 1.46. The maximum absolute atomic E-state index is 15.3. The number of carbonyl (C=O) groups excluding carboxylic acids is 2. The number of methoxy groups -OCH3 is 1. The smallest absolute Gasteiger partial charge is 0.251 e. The van der Waals surface area contributed by atoms with E-state index in [9.17, 15) is 14.7 Å². The molecule has 4 N–H and O–H groups in total. The topological polar surface area (TPSA) is 137 Å². The Hall–Kier alpha value is -4.06. The molecule has 0 bridgehead atoms. The van der Waals surface area contributed by atoms with Gasteiger partial charge in [-0.1, -0.05) is 23.2 Å². The van der Waals surface area contributed by atoms with E-state index in [1.807, 2.05) is 0 Å². The fourth-order valence-electron chi connectivity index (χ4n) is 5.28. The number of aliphatic hydroxyl groups is 1. The third-order valence-corrected chi connectivity index (χ3v) is 8.37. The highest BCUT2D eigenvalue weighted by Gasteiger charge is 2.47. The maximum Gasteiger partial charge on any atom is 0.251 e. The number of halogens is 4. The van der Waals surface area contributed by atoms with Gasteiger partial charge in [-0.05, 0) is 69.0 Å². The van der Waals surface area contributed by atoms with Crippen LogP contribution in [0.2, 0.25) is 10.0 Å². The van der Waals surface area contributed by atoms with Gasteiger partial charge in [0.25, 0.3) is 5.91 Å². The van der Waals surface area contributed by atoms with Crippen LogP contribution in [-0.4, -0.2) is 47.2 Å². The summed E-state index contributed by atoms with van der Waals surface area (Å²) in [6.07, 6.45) is 0.811. The summed E-state index contributed by atoms with van der Waals surface area (Å²) >= 11 is 12.3. The maximum atomic E-state index is 15.3. The molecule has 1 atom stereocenters. The lowest BCUT2D eigenvalue weighted by molar-refractivity contribution is -0.117. The van der Waals surface area contributed by atoms with Crippen LogP contribution < -0.4 is 20.5 Å². The Morgan fingerprint density at radius 3 is 2.51 bits per heavy atom. The average Bonchev–Trinajstić information content (AvgIpc) is 3.85. The second-order valence-corrected chi connectivity index (χ2v) is 11.6. The van der Waals surface area contributed by atoms with Gasteiger partial charge in [-0.15, -0.1) is 0 Å². The number of nitrogens with zero attached hydrogens (tertiary/aromatic N) is 2. The van der Waals surface area contributed by atoms with Crippen molar-refractivity contribution < 1.29 is 33.0 Å². The highest BCUT2D eigenvalue weighted by atomic mass is 35.5. The first-order chi connectivity index (χ1) is 21.4. The van der Waals surface area contributed by atoms with Gasteiger partial charge in [0.05, 0.1) is 53.7 Å². The van der Waals surface area contributed by atoms with Gasteiger partial charge in [0.2, 0.25) is 5.91 Å². The summed E-state index contributed by atoms with van der Waals surface area (Å²) in [5.41, 5.74) is 4.31. The standard InChI is InChI=1S/C32H30Cl2F2N4O5/c1-4-45-30-17(13-25(37)41)12-24(40-29(30)26-22(35)8-7-20(33)27(26)36)32(43,19-5-6-19)14-38-31(42)18-9-16-10-21(34)15(2)39-28(16)23(11-18)44-3/h7-12,19,43H,4-6,13-14H2,1-3H3,(H2,37,41)(H,38,42)/t32-/m1/s1. The molecule has 2 aromatic heterocycles. The monoisotopic (exact) mass is 658 g/mol. The van der Waals surface area contributed by atoms with Crippen molar-refractivity contribution in [2.75, 3.05) is 20.3 Å². The number of primary amides is 1. The van der Waals surface area contributed by atoms with E-state index in [1.54, 1.807) is 26.0 Å². The summed E-state index contributed by atoms with van der Waals surface area (Å²) in [5, 5.41) is 15.5. The van der Waals surface area contributed by atoms with Crippen LogP contribution in [0.3, 0.4) is 0 Å². The summed E-state index contributed by atoms with van der Waals surface area (Å²) in [5.74, 6) is -3.44. The quantitative estimate of drug-likeness (QED) is 0.177. The predicted molar refractivity (Wildman–Crippen MR) is 166 cm³/mol. The van der Waals surface area contributed by atoms with Crippen molar-refractivity contribution in [1.29, 1.82) is 0 Å². The Kier molecular flexibility index (Phi) is 9.16. The lowest BCUT2D eigenvalue weighted by Gasteiger charge is -2.30. The largest absolute Gasteiger partial charge is 0.494 e. The molecular formula is C32H30Cl2F2N4O5. The molecule has 13 heteroatoms.